The van der Waals surface area contributed by atoms with Gasteiger partial charge >= 0.3 is 6.18 Å². The highest BCUT2D eigenvalue weighted by Gasteiger charge is 2.31. The summed E-state index contributed by atoms with van der Waals surface area (Å²) in [4.78, 5) is 23.4. The predicted molar refractivity (Wildman–Crippen MR) is 86.8 cm³/mol. The monoisotopic (exact) mass is 383 g/mol. The molecule has 0 atom stereocenters. The third-order valence-electron chi connectivity index (χ3n) is 3.46. The number of nitrogens with one attached hydrogen (secondary N) is 1. The van der Waals surface area contributed by atoms with Crippen molar-refractivity contribution < 1.29 is 32.4 Å². The van der Waals surface area contributed by atoms with E-state index < -0.39 is 29.4 Å². The Balaban J connectivity index is 2.18. The number of carbonyl (C=O) groups excluding carboxylic acids is 2. The van der Waals surface area contributed by atoms with Crippen LogP contribution >= 0.6 is 0 Å². The van der Waals surface area contributed by atoms with Crippen molar-refractivity contribution in [2.45, 2.75) is 6.18 Å². The fraction of sp³-hybridized carbons (Fsp3) is 0.118. The number of rotatable bonds is 4. The van der Waals surface area contributed by atoms with Gasteiger partial charge in [-0.25, -0.2) is 14.9 Å². The molecule has 0 saturated heterocycles. The SMILES string of the molecule is CN(N=Cc1ccc(C(=O)NO)cc1F)C(=O)c1cccc(C(F)(F)F)c1. The quantitative estimate of drug-likeness (QED) is 0.369. The summed E-state index contributed by atoms with van der Waals surface area (Å²) in [6, 6.07) is 7.07. The highest BCUT2D eigenvalue weighted by atomic mass is 19.4. The molecule has 10 heteroatoms. The Hall–Kier alpha value is -3.27. The molecule has 0 bridgehead atoms. The number of hydrazone groups is 1. The van der Waals surface area contributed by atoms with Crippen LogP contribution in [0.2, 0.25) is 0 Å². The van der Waals surface area contributed by atoms with Gasteiger partial charge < -0.3 is 0 Å². The van der Waals surface area contributed by atoms with E-state index in [4.69, 9.17) is 5.21 Å². The number of nitrogens with zero attached hydrogens (tertiary/aromatic N) is 2. The van der Waals surface area contributed by atoms with Crippen LogP contribution in [0.25, 0.3) is 0 Å². The first-order valence-electron chi connectivity index (χ1n) is 7.36. The van der Waals surface area contributed by atoms with E-state index in [-0.39, 0.29) is 16.7 Å². The van der Waals surface area contributed by atoms with Gasteiger partial charge in [0.1, 0.15) is 5.82 Å². The van der Waals surface area contributed by atoms with Crippen molar-refractivity contribution >= 4 is 18.0 Å². The third kappa shape index (κ3) is 4.88. The van der Waals surface area contributed by atoms with Crippen LogP contribution in [0.4, 0.5) is 17.6 Å². The van der Waals surface area contributed by atoms with Crippen LogP contribution < -0.4 is 5.48 Å². The van der Waals surface area contributed by atoms with E-state index in [1.807, 2.05) is 0 Å². The van der Waals surface area contributed by atoms with Crippen molar-refractivity contribution in [3.8, 4) is 0 Å². The molecular weight excluding hydrogens is 370 g/mol. The predicted octanol–water partition coefficient (Wildman–Crippen LogP) is 3.07. The largest absolute Gasteiger partial charge is 0.416 e. The number of halogens is 4. The molecule has 0 radical (unpaired) electrons. The fourth-order valence-electron chi connectivity index (χ4n) is 2.05. The van der Waals surface area contributed by atoms with Crippen LogP contribution in [0.1, 0.15) is 31.8 Å². The Labute approximate surface area is 150 Å². The molecule has 0 heterocycles. The topological polar surface area (TPSA) is 82.0 Å². The van der Waals surface area contributed by atoms with Gasteiger partial charge in [0.2, 0.25) is 0 Å². The second-order valence-electron chi connectivity index (χ2n) is 5.33. The highest BCUT2D eigenvalue weighted by Crippen LogP contribution is 2.29. The van der Waals surface area contributed by atoms with Crippen molar-refractivity contribution in [1.82, 2.24) is 10.5 Å². The second-order valence-corrected chi connectivity index (χ2v) is 5.33. The number of carbonyl (C=O) groups is 2. The molecule has 0 aliphatic heterocycles. The first-order chi connectivity index (χ1) is 12.6. The van der Waals surface area contributed by atoms with E-state index in [0.717, 1.165) is 29.4 Å². The maximum atomic E-state index is 13.9. The summed E-state index contributed by atoms with van der Waals surface area (Å²) in [5, 5.41) is 13.0. The summed E-state index contributed by atoms with van der Waals surface area (Å²) < 4.78 is 52.1. The number of alkyl halides is 3. The van der Waals surface area contributed by atoms with Crippen molar-refractivity contribution in [2.75, 3.05) is 7.05 Å². The molecule has 2 aromatic carbocycles. The Bertz CT molecular complexity index is 897. The van der Waals surface area contributed by atoms with Crippen LogP contribution in [0.3, 0.4) is 0 Å². The van der Waals surface area contributed by atoms with Crippen molar-refractivity contribution in [3.63, 3.8) is 0 Å². The molecule has 2 N–H and O–H groups in total. The first kappa shape index (κ1) is 20.0. The standard InChI is InChI=1S/C17H13F4N3O3/c1-24(16(26)11-3-2-4-13(7-11)17(19,20)21)22-9-12-6-5-10(8-14(12)18)15(25)23-27/h2-9,27H,1H3,(H,23,25). The second kappa shape index (κ2) is 7.96. The summed E-state index contributed by atoms with van der Waals surface area (Å²) in [5.74, 6) is -2.58. The van der Waals surface area contributed by atoms with Gasteiger partial charge in [-0.15, -0.1) is 0 Å². The number of hydroxylamine groups is 1. The lowest BCUT2D eigenvalue weighted by Crippen LogP contribution is -2.22. The number of amides is 2. The maximum absolute atomic E-state index is 13.9. The Morgan fingerprint density at radius 1 is 1.15 bits per heavy atom. The summed E-state index contributed by atoms with van der Waals surface area (Å²) in [6.07, 6.45) is -3.62. The lowest BCUT2D eigenvalue weighted by atomic mass is 10.1. The van der Waals surface area contributed by atoms with E-state index in [0.29, 0.717) is 6.07 Å². The van der Waals surface area contributed by atoms with Gasteiger partial charge in [-0.3, -0.25) is 14.8 Å². The lowest BCUT2D eigenvalue weighted by Gasteiger charge is -2.13. The number of hydrogen-bond donors (Lipinski definition) is 2. The van der Waals surface area contributed by atoms with Gasteiger partial charge in [0, 0.05) is 23.7 Å². The van der Waals surface area contributed by atoms with E-state index in [9.17, 15) is 27.2 Å². The van der Waals surface area contributed by atoms with Crippen molar-refractivity contribution in [3.05, 3.63) is 70.5 Å². The smallest absolute Gasteiger partial charge is 0.288 e. The molecule has 0 spiro atoms. The normalized spacial score (nSPS) is 11.5. The maximum Gasteiger partial charge on any atom is 0.416 e. The zero-order valence-electron chi connectivity index (χ0n) is 13.8. The van der Waals surface area contributed by atoms with Gasteiger partial charge in [-0.05, 0) is 36.4 Å². The molecule has 27 heavy (non-hydrogen) atoms. The van der Waals surface area contributed by atoms with Crippen molar-refractivity contribution in [1.29, 1.82) is 0 Å². The summed E-state index contributed by atoms with van der Waals surface area (Å²) >= 11 is 0. The zero-order valence-corrected chi connectivity index (χ0v) is 13.8. The summed E-state index contributed by atoms with van der Waals surface area (Å²) in [5.41, 5.74) is -0.0735. The lowest BCUT2D eigenvalue weighted by molar-refractivity contribution is -0.137. The summed E-state index contributed by atoms with van der Waals surface area (Å²) in [6.45, 7) is 0. The number of benzene rings is 2. The molecule has 142 valence electrons. The van der Waals surface area contributed by atoms with Gasteiger partial charge in [0.25, 0.3) is 11.8 Å². The Morgan fingerprint density at radius 2 is 1.85 bits per heavy atom. The van der Waals surface area contributed by atoms with Crippen LogP contribution in [0.15, 0.2) is 47.6 Å². The molecule has 6 nitrogen and oxygen atoms in total. The summed E-state index contributed by atoms with van der Waals surface area (Å²) in [7, 11) is 1.20. The van der Waals surface area contributed by atoms with Crippen LogP contribution in [-0.2, 0) is 6.18 Å². The van der Waals surface area contributed by atoms with E-state index in [1.54, 1.807) is 0 Å². The van der Waals surface area contributed by atoms with Crippen LogP contribution in [0, 0.1) is 5.82 Å². The highest BCUT2D eigenvalue weighted by molar-refractivity contribution is 5.96. The minimum absolute atomic E-state index is 0.0758. The average Bonchev–Trinajstić information content (AvgIpc) is 2.64. The molecule has 0 aliphatic rings. The van der Waals surface area contributed by atoms with Gasteiger partial charge in [0.05, 0.1) is 11.8 Å². The molecule has 0 unspecified atom stereocenters. The Morgan fingerprint density at radius 3 is 2.44 bits per heavy atom. The molecule has 0 aliphatic carbocycles. The molecule has 0 aromatic heterocycles. The van der Waals surface area contributed by atoms with Crippen molar-refractivity contribution in [2.24, 2.45) is 5.10 Å². The van der Waals surface area contributed by atoms with Gasteiger partial charge in [-0.1, -0.05) is 6.07 Å². The van der Waals surface area contributed by atoms with Crippen LogP contribution in [0.5, 0.6) is 0 Å². The molecule has 2 aromatic rings. The van der Waals surface area contributed by atoms with E-state index in [1.165, 1.54) is 30.7 Å². The minimum Gasteiger partial charge on any atom is -0.288 e. The van der Waals surface area contributed by atoms with E-state index >= 15 is 0 Å². The zero-order chi connectivity index (χ0) is 20.2. The third-order valence-corrected chi connectivity index (χ3v) is 3.46. The number of hydrogen-bond acceptors (Lipinski definition) is 4. The van der Waals surface area contributed by atoms with Gasteiger partial charge in [0.15, 0.2) is 0 Å². The average molecular weight is 383 g/mol. The Kier molecular flexibility index (Phi) is 5.91. The molecule has 2 amide bonds. The fourth-order valence-corrected chi connectivity index (χ4v) is 2.05. The van der Waals surface area contributed by atoms with E-state index in [2.05, 4.69) is 5.10 Å². The molecule has 0 saturated carbocycles. The molecule has 0 fully saturated rings. The molecular formula is C17H13F4N3O3. The minimum atomic E-state index is -4.59. The first-order valence-corrected chi connectivity index (χ1v) is 7.36. The van der Waals surface area contributed by atoms with Crippen LogP contribution in [-0.4, -0.2) is 35.3 Å². The molecule has 2 rings (SSSR count). The van der Waals surface area contributed by atoms with Gasteiger partial charge in [-0.2, -0.15) is 18.3 Å².